The van der Waals surface area contributed by atoms with Crippen LogP contribution in [-0.2, 0) is 11.3 Å². The van der Waals surface area contributed by atoms with Crippen molar-refractivity contribution in [1.29, 1.82) is 0 Å². The van der Waals surface area contributed by atoms with E-state index in [0.29, 0.717) is 13.0 Å². The fourth-order valence-corrected chi connectivity index (χ4v) is 7.42. The quantitative estimate of drug-likeness (QED) is 0.619. The molecule has 1 amide bonds. The molecular weight excluding hydrogens is 518 g/mol. The minimum atomic E-state index is -0.232. The summed E-state index contributed by atoms with van der Waals surface area (Å²) < 4.78 is 1.76. The van der Waals surface area contributed by atoms with Gasteiger partial charge in [0.1, 0.15) is 0 Å². The lowest BCUT2D eigenvalue weighted by Crippen LogP contribution is -2.49. The highest BCUT2D eigenvalue weighted by Crippen LogP contribution is 2.46. The van der Waals surface area contributed by atoms with Crippen molar-refractivity contribution in [1.82, 2.24) is 15.1 Å². The van der Waals surface area contributed by atoms with Crippen LogP contribution in [0, 0.1) is 6.92 Å². The molecule has 1 saturated heterocycles. The number of nitrogens with one attached hydrogen (secondary N) is 1. The maximum Gasteiger partial charge on any atom is 0.234 e. The lowest BCUT2D eigenvalue weighted by Gasteiger charge is -2.34. The Bertz CT molecular complexity index is 938. The van der Waals surface area contributed by atoms with Crippen molar-refractivity contribution >= 4 is 54.9 Å². The molecule has 0 radical (unpaired) electrons. The number of aryl methyl sites for hydroxylation is 1. The summed E-state index contributed by atoms with van der Waals surface area (Å²) in [6.07, 6.45) is 0.339. The summed E-state index contributed by atoms with van der Waals surface area (Å²) in [4.78, 5) is 29.5. The minimum absolute atomic E-state index is 0.0165. The molecule has 29 heavy (non-hydrogen) atoms. The average molecular weight is 541 g/mol. The van der Waals surface area contributed by atoms with Crippen LogP contribution in [0.25, 0.3) is 0 Å². The van der Waals surface area contributed by atoms with E-state index in [1.165, 1.54) is 22.5 Å². The molecule has 0 spiro atoms. The summed E-state index contributed by atoms with van der Waals surface area (Å²) in [5, 5.41) is 3.07. The molecule has 5 nitrogen and oxygen atoms in total. The average Bonchev–Trinajstić information content (AvgIpc) is 3.16. The van der Waals surface area contributed by atoms with Gasteiger partial charge in [0.2, 0.25) is 5.91 Å². The molecule has 1 aromatic carbocycles. The van der Waals surface area contributed by atoms with Gasteiger partial charge in [-0.25, -0.2) is 0 Å². The zero-order chi connectivity index (χ0) is 20.5. The first kappa shape index (κ1) is 21.2. The van der Waals surface area contributed by atoms with Gasteiger partial charge < -0.3 is 5.32 Å². The number of nitrogens with zero attached hydrogens (tertiary/aromatic N) is 2. The van der Waals surface area contributed by atoms with Gasteiger partial charge in [0.25, 0.3) is 0 Å². The second-order valence-corrected chi connectivity index (χ2v) is 11.3. The van der Waals surface area contributed by atoms with Crippen LogP contribution in [-0.4, -0.2) is 54.2 Å². The second kappa shape index (κ2) is 8.98. The Balaban J connectivity index is 1.28. The van der Waals surface area contributed by atoms with Crippen LogP contribution >= 0.6 is 43.2 Å². The molecule has 1 aromatic heterocycles. The van der Waals surface area contributed by atoms with E-state index in [1.807, 2.05) is 0 Å². The van der Waals surface area contributed by atoms with Gasteiger partial charge in [-0.2, -0.15) is 0 Å². The number of rotatable bonds is 5. The topological polar surface area (TPSA) is 52.6 Å². The molecule has 2 heterocycles. The number of amides is 1. The maximum atomic E-state index is 12.6. The van der Waals surface area contributed by atoms with Crippen LogP contribution in [0.3, 0.4) is 0 Å². The molecule has 1 aliphatic carbocycles. The second-order valence-electron chi connectivity index (χ2n) is 7.66. The van der Waals surface area contributed by atoms with Gasteiger partial charge in [0.05, 0.1) is 20.2 Å². The number of carbonyl (C=O) groups is 2. The molecule has 1 aliphatic heterocycles. The van der Waals surface area contributed by atoms with Gasteiger partial charge >= 0.3 is 0 Å². The Morgan fingerprint density at radius 1 is 1.14 bits per heavy atom. The number of piperazine rings is 1. The van der Waals surface area contributed by atoms with Crippen molar-refractivity contribution in [2.24, 2.45) is 0 Å². The summed E-state index contributed by atoms with van der Waals surface area (Å²) in [7, 11) is 0. The molecule has 1 unspecified atom stereocenters. The molecule has 1 fully saturated rings. The highest BCUT2D eigenvalue weighted by Gasteiger charge is 2.36. The van der Waals surface area contributed by atoms with Crippen LogP contribution in [0.5, 0.6) is 0 Å². The summed E-state index contributed by atoms with van der Waals surface area (Å²) in [5.74, 6) is 0.0705. The molecule has 1 atom stereocenters. The predicted octanol–water partition coefficient (Wildman–Crippen LogP) is 4.14. The number of fused-ring (bicyclic) bond motifs is 1. The Kier molecular flexibility index (Phi) is 6.56. The van der Waals surface area contributed by atoms with E-state index < -0.39 is 0 Å². The van der Waals surface area contributed by atoms with Crippen molar-refractivity contribution in [3.8, 4) is 0 Å². The Labute approximate surface area is 191 Å². The van der Waals surface area contributed by atoms with Crippen molar-refractivity contribution in [3.05, 3.63) is 54.1 Å². The molecule has 154 valence electrons. The van der Waals surface area contributed by atoms with Gasteiger partial charge in [-0.05, 0) is 49.9 Å². The number of Topliss-reactive ketones (excluding diaryl/α,β-unsaturated/α-hetero) is 1. The predicted molar refractivity (Wildman–Crippen MR) is 122 cm³/mol. The van der Waals surface area contributed by atoms with Crippen molar-refractivity contribution in [2.45, 2.75) is 25.9 Å². The third kappa shape index (κ3) is 4.66. The first-order chi connectivity index (χ1) is 13.9. The number of ketones is 1. The summed E-state index contributed by atoms with van der Waals surface area (Å²) in [5.41, 5.74) is 4.33. The number of thiophene rings is 1. The Morgan fingerprint density at radius 3 is 2.55 bits per heavy atom. The van der Waals surface area contributed by atoms with E-state index in [9.17, 15) is 9.59 Å². The summed E-state index contributed by atoms with van der Waals surface area (Å²) >= 11 is 8.48. The zero-order valence-electron chi connectivity index (χ0n) is 16.2. The molecule has 8 heteroatoms. The number of carbonyl (C=O) groups excluding carboxylic acids is 2. The number of hydrogen-bond acceptors (Lipinski definition) is 5. The van der Waals surface area contributed by atoms with Crippen LogP contribution in [0.1, 0.15) is 39.5 Å². The van der Waals surface area contributed by atoms with Gasteiger partial charge in [-0.15, -0.1) is 11.3 Å². The van der Waals surface area contributed by atoms with Gasteiger partial charge in [0, 0.05) is 50.3 Å². The van der Waals surface area contributed by atoms with Crippen molar-refractivity contribution in [2.75, 3.05) is 32.7 Å². The Hall–Kier alpha value is -1.06. The maximum absolute atomic E-state index is 12.6. The van der Waals surface area contributed by atoms with Gasteiger partial charge in [0.15, 0.2) is 5.78 Å². The summed E-state index contributed by atoms with van der Waals surface area (Å²) in [6.45, 7) is 7.15. The molecular formula is C21H23Br2N3O2S. The first-order valence-electron chi connectivity index (χ1n) is 9.72. The van der Waals surface area contributed by atoms with E-state index in [0.717, 1.165) is 51.4 Å². The number of hydrogen-bond donors (Lipinski definition) is 1. The lowest BCUT2D eigenvalue weighted by atomic mass is 10.1. The highest BCUT2D eigenvalue weighted by molar-refractivity contribution is 9.12. The SMILES string of the molecule is Cc1ccccc1CN1CCN(CC(=O)NC2CC(=O)c3c(Br)sc(Br)c32)CC1. The number of halogens is 2. The zero-order valence-corrected chi connectivity index (χ0v) is 20.2. The van der Waals surface area contributed by atoms with E-state index >= 15 is 0 Å². The van der Waals surface area contributed by atoms with Crippen LogP contribution in [0.15, 0.2) is 31.8 Å². The van der Waals surface area contributed by atoms with Crippen LogP contribution in [0.4, 0.5) is 0 Å². The largest absolute Gasteiger partial charge is 0.348 e. The van der Waals surface area contributed by atoms with Crippen molar-refractivity contribution < 1.29 is 9.59 Å². The van der Waals surface area contributed by atoms with E-state index in [1.54, 1.807) is 0 Å². The van der Waals surface area contributed by atoms with Crippen molar-refractivity contribution in [3.63, 3.8) is 0 Å². The molecule has 0 bridgehead atoms. The van der Waals surface area contributed by atoms with E-state index in [4.69, 9.17) is 0 Å². The summed E-state index contributed by atoms with van der Waals surface area (Å²) in [6, 6.07) is 8.27. The third-order valence-electron chi connectivity index (χ3n) is 5.70. The molecule has 2 aliphatic rings. The monoisotopic (exact) mass is 539 g/mol. The Morgan fingerprint density at radius 2 is 1.83 bits per heavy atom. The molecule has 1 N–H and O–H groups in total. The fourth-order valence-electron chi connectivity index (χ4n) is 4.05. The number of benzene rings is 1. The lowest BCUT2D eigenvalue weighted by molar-refractivity contribution is -0.123. The fraction of sp³-hybridized carbons (Fsp3) is 0.429. The molecule has 4 rings (SSSR count). The third-order valence-corrected chi connectivity index (χ3v) is 8.27. The van der Waals surface area contributed by atoms with Gasteiger partial charge in [-0.3, -0.25) is 19.4 Å². The normalized spacial score (nSPS) is 20.1. The highest BCUT2D eigenvalue weighted by atomic mass is 79.9. The van der Waals surface area contributed by atoms with E-state index in [2.05, 4.69) is 78.2 Å². The first-order valence-corrected chi connectivity index (χ1v) is 12.1. The van der Waals surface area contributed by atoms with Crippen LogP contribution in [0.2, 0.25) is 0 Å². The smallest absolute Gasteiger partial charge is 0.234 e. The standard InChI is InChI=1S/C21H23Br2N3O2S/c1-13-4-2-3-5-14(13)11-25-6-8-26(9-7-25)12-17(28)24-15-10-16(27)19-18(15)20(22)29-21(19)23/h2-5,15H,6-12H2,1H3,(H,24,28). The minimum Gasteiger partial charge on any atom is -0.348 e. The van der Waals surface area contributed by atoms with Gasteiger partial charge in [-0.1, -0.05) is 24.3 Å². The van der Waals surface area contributed by atoms with E-state index in [-0.39, 0.29) is 17.7 Å². The molecule has 2 aromatic rings. The molecule has 0 saturated carbocycles. The van der Waals surface area contributed by atoms with Crippen LogP contribution < -0.4 is 5.32 Å².